The minimum atomic E-state index is -0.682. The van der Waals surface area contributed by atoms with Crippen molar-refractivity contribution in [2.45, 2.75) is 0 Å². The lowest BCUT2D eigenvalue weighted by Gasteiger charge is -2.09. The fraction of sp³-hybridized carbons (Fsp3) is 0. The molecular weight excluding hydrogens is 542 g/mol. The summed E-state index contributed by atoms with van der Waals surface area (Å²) < 4.78 is 108. The van der Waals surface area contributed by atoms with Crippen LogP contribution in [0.2, 0.25) is 0 Å². The highest BCUT2D eigenvalue weighted by Crippen LogP contribution is 2.39. The highest BCUT2D eigenvalue weighted by Gasteiger charge is 2.19. The van der Waals surface area contributed by atoms with E-state index < -0.39 is 72.0 Å². The molecule has 0 aliphatic heterocycles. The zero-order valence-corrected chi connectivity index (χ0v) is 22.6. The fourth-order valence-electron chi connectivity index (χ4n) is 5.36. The molecule has 0 N–H and O–H groups in total. The summed E-state index contributed by atoms with van der Waals surface area (Å²) in [5, 5.41) is 1.16. The standard InChI is InChI=1S/C39H23N3O2/c1-3-11-24(12-4-1)27-16-9-17-29-28-22-21-26(23-34(28)44-36(27)29)38-40-37(25-13-5-2-6-14-25)41-39(42-38)31-18-10-20-33-35(31)30-15-7-8-19-32(30)43-33/h1-23H/i1D,3D,4D,9D,11D,12D,16D,17D,21D,22D,23D. The number of hydrogen-bond acceptors (Lipinski definition) is 5. The Hall–Kier alpha value is -6.07. The van der Waals surface area contributed by atoms with Crippen molar-refractivity contribution in [1.29, 1.82) is 0 Å². The topological polar surface area (TPSA) is 65.0 Å². The molecule has 6 aromatic carbocycles. The van der Waals surface area contributed by atoms with Gasteiger partial charge in [0.2, 0.25) is 0 Å². The number of hydrogen-bond donors (Lipinski definition) is 0. The highest BCUT2D eigenvalue weighted by atomic mass is 16.3. The quantitative estimate of drug-likeness (QED) is 0.209. The lowest BCUT2D eigenvalue weighted by Crippen LogP contribution is -2.00. The first-order valence-corrected chi connectivity index (χ1v) is 13.6. The molecule has 3 aromatic heterocycles. The summed E-state index contributed by atoms with van der Waals surface area (Å²) in [5.41, 5.74) is 0.798. The lowest BCUT2D eigenvalue weighted by atomic mass is 10.0. The molecule has 0 radical (unpaired) electrons. The predicted molar refractivity (Wildman–Crippen MR) is 176 cm³/mol. The van der Waals surface area contributed by atoms with Crippen molar-refractivity contribution in [3.8, 4) is 45.3 Å². The van der Waals surface area contributed by atoms with E-state index in [1.807, 2.05) is 54.6 Å². The number of para-hydroxylation sites is 2. The first-order chi connectivity index (χ1) is 26.4. The Kier molecular flexibility index (Phi) is 3.54. The maximum Gasteiger partial charge on any atom is 0.164 e. The molecule has 9 rings (SSSR count). The van der Waals surface area contributed by atoms with Crippen molar-refractivity contribution in [2.75, 3.05) is 0 Å². The maximum atomic E-state index is 9.42. The van der Waals surface area contributed by atoms with Crippen molar-refractivity contribution < 1.29 is 23.9 Å². The minimum absolute atomic E-state index is 0.126. The Morgan fingerprint density at radius 1 is 0.455 bits per heavy atom. The number of fused-ring (bicyclic) bond motifs is 6. The van der Waals surface area contributed by atoms with Crippen LogP contribution in [0.1, 0.15) is 15.1 Å². The van der Waals surface area contributed by atoms with Gasteiger partial charge in [0.15, 0.2) is 17.5 Å². The highest BCUT2D eigenvalue weighted by molar-refractivity contribution is 6.12. The molecule has 5 nitrogen and oxygen atoms in total. The number of nitrogens with zero attached hydrogens (tertiary/aromatic N) is 3. The summed E-state index contributed by atoms with van der Waals surface area (Å²) in [7, 11) is 0. The van der Waals surface area contributed by atoms with E-state index in [1.165, 1.54) is 0 Å². The van der Waals surface area contributed by atoms with E-state index in [0.29, 0.717) is 22.3 Å². The second-order valence-corrected chi connectivity index (χ2v) is 9.96. The zero-order chi connectivity index (χ0) is 38.6. The smallest absolute Gasteiger partial charge is 0.164 e. The molecule has 0 saturated carbocycles. The van der Waals surface area contributed by atoms with Crippen LogP contribution in [-0.4, -0.2) is 15.0 Å². The molecule has 3 heterocycles. The van der Waals surface area contributed by atoms with Crippen LogP contribution in [0, 0.1) is 0 Å². The third-order valence-electron chi connectivity index (χ3n) is 7.35. The predicted octanol–water partition coefficient (Wildman–Crippen LogP) is 10.3. The van der Waals surface area contributed by atoms with Crippen molar-refractivity contribution in [2.24, 2.45) is 0 Å². The number of furan rings is 2. The van der Waals surface area contributed by atoms with Gasteiger partial charge < -0.3 is 8.83 Å². The molecule has 0 aliphatic carbocycles. The summed E-state index contributed by atoms with van der Waals surface area (Å²) in [6, 6.07) is 15.4. The largest absolute Gasteiger partial charge is 0.456 e. The summed E-state index contributed by atoms with van der Waals surface area (Å²) >= 11 is 0. The Morgan fingerprint density at radius 3 is 2.11 bits per heavy atom. The molecule has 206 valence electrons. The number of benzene rings is 6. The summed E-state index contributed by atoms with van der Waals surface area (Å²) in [4.78, 5) is 14.3. The van der Waals surface area contributed by atoms with Gasteiger partial charge in [-0.15, -0.1) is 0 Å². The van der Waals surface area contributed by atoms with Gasteiger partial charge in [-0.25, -0.2) is 15.0 Å². The normalized spacial score (nSPS) is 15.1. The van der Waals surface area contributed by atoms with Crippen LogP contribution in [0.15, 0.2) is 148 Å². The molecule has 0 unspecified atom stereocenters. The Morgan fingerprint density at radius 2 is 1.23 bits per heavy atom. The van der Waals surface area contributed by atoms with Crippen LogP contribution >= 0.6 is 0 Å². The third kappa shape index (κ3) is 3.91. The molecule has 0 fully saturated rings. The van der Waals surface area contributed by atoms with Crippen molar-refractivity contribution in [1.82, 2.24) is 15.0 Å². The molecule has 5 heteroatoms. The Bertz CT molecular complexity index is 3100. The van der Waals surface area contributed by atoms with Crippen molar-refractivity contribution in [3.63, 3.8) is 0 Å². The van der Waals surface area contributed by atoms with E-state index in [0.717, 1.165) is 10.8 Å². The van der Waals surface area contributed by atoms with Crippen LogP contribution in [0.5, 0.6) is 0 Å². The van der Waals surface area contributed by atoms with E-state index in [4.69, 9.17) is 34.8 Å². The maximum absolute atomic E-state index is 9.42. The van der Waals surface area contributed by atoms with Gasteiger partial charge in [-0.05, 0) is 29.8 Å². The molecule has 9 aromatic rings. The molecule has 0 atom stereocenters. The van der Waals surface area contributed by atoms with Gasteiger partial charge in [0.1, 0.15) is 22.3 Å². The minimum Gasteiger partial charge on any atom is -0.456 e. The van der Waals surface area contributed by atoms with Crippen LogP contribution < -0.4 is 0 Å². The van der Waals surface area contributed by atoms with Crippen LogP contribution in [0.3, 0.4) is 0 Å². The first kappa shape index (κ1) is 16.0. The van der Waals surface area contributed by atoms with Crippen molar-refractivity contribution >= 4 is 43.9 Å². The Balaban J connectivity index is 1.37. The van der Waals surface area contributed by atoms with E-state index >= 15 is 0 Å². The third-order valence-corrected chi connectivity index (χ3v) is 7.35. The van der Waals surface area contributed by atoms with Gasteiger partial charge >= 0.3 is 0 Å². The van der Waals surface area contributed by atoms with E-state index in [2.05, 4.69) is 0 Å². The number of aromatic nitrogens is 3. The molecule has 44 heavy (non-hydrogen) atoms. The first-order valence-electron chi connectivity index (χ1n) is 19.1. The summed E-state index contributed by atoms with van der Waals surface area (Å²) in [5.74, 6) is 0.291. The fourth-order valence-corrected chi connectivity index (χ4v) is 5.36. The van der Waals surface area contributed by atoms with Gasteiger partial charge in [0.25, 0.3) is 0 Å². The average Bonchev–Trinajstić information content (AvgIpc) is 3.79. The summed E-state index contributed by atoms with van der Waals surface area (Å²) in [6.07, 6.45) is 0. The molecule has 0 saturated heterocycles. The van der Waals surface area contributed by atoms with Gasteiger partial charge in [0.05, 0.1) is 15.1 Å². The second kappa shape index (κ2) is 9.75. The SMILES string of the molecule is [2H]c1c([2H])c([2H])c(-c2c([2H])c([2H])c([2H])c3c2oc2c([2H])c(-c4nc(-c5ccccc5)nc(-c5cccc6oc7ccccc7c56)n4)c([2H])c([2H])c23)c([2H])c1[2H]. The van der Waals surface area contributed by atoms with Crippen molar-refractivity contribution in [3.05, 3.63) is 139 Å². The molecule has 0 spiro atoms. The number of rotatable bonds is 4. The zero-order valence-electron chi connectivity index (χ0n) is 33.6. The van der Waals surface area contributed by atoms with Crippen LogP contribution in [0.4, 0.5) is 0 Å². The van der Waals surface area contributed by atoms with Crippen LogP contribution in [-0.2, 0) is 0 Å². The van der Waals surface area contributed by atoms with E-state index in [1.54, 1.807) is 18.2 Å². The van der Waals surface area contributed by atoms with Gasteiger partial charge in [-0.2, -0.15) is 0 Å². The molecule has 0 bridgehead atoms. The van der Waals surface area contributed by atoms with E-state index in [9.17, 15) is 4.11 Å². The van der Waals surface area contributed by atoms with Gasteiger partial charge in [-0.3, -0.25) is 0 Å². The average molecular weight is 577 g/mol. The molecule has 0 amide bonds. The molecule has 0 aliphatic rings. The van der Waals surface area contributed by atoms with Crippen LogP contribution in [0.25, 0.3) is 89.2 Å². The summed E-state index contributed by atoms with van der Waals surface area (Å²) in [6.45, 7) is 0. The van der Waals surface area contributed by atoms with Gasteiger partial charge in [0, 0.05) is 43.8 Å². The van der Waals surface area contributed by atoms with E-state index in [-0.39, 0.29) is 50.5 Å². The molecular formula is C39H23N3O2. The Labute approximate surface area is 267 Å². The lowest BCUT2D eigenvalue weighted by molar-refractivity contribution is 0.669. The monoisotopic (exact) mass is 576 g/mol. The van der Waals surface area contributed by atoms with Gasteiger partial charge in [-0.1, -0.05) is 115 Å². The second-order valence-electron chi connectivity index (χ2n) is 9.96.